The predicted molar refractivity (Wildman–Crippen MR) is 82.9 cm³/mol. The maximum Gasteiger partial charge on any atom is 0.185 e. The molecule has 3 rings (SSSR count). The second kappa shape index (κ2) is 6.48. The monoisotopic (exact) mass is 279 g/mol. The Morgan fingerprint density at radius 2 is 2.00 bits per heavy atom. The third-order valence-corrected chi connectivity index (χ3v) is 3.51. The van der Waals surface area contributed by atoms with Gasteiger partial charge in [-0.2, -0.15) is 5.10 Å². The van der Waals surface area contributed by atoms with Crippen LogP contribution in [0.1, 0.15) is 31.2 Å². The summed E-state index contributed by atoms with van der Waals surface area (Å²) in [4.78, 5) is 8.80. The summed E-state index contributed by atoms with van der Waals surface area (Å²) in [7, 11) is 0. The number of hydrogen-bond acceptors (Lipinski definition) is 3. The summed E-state index contributed by atoms with van der Waals surface area (Å²) in [6.45, 7) is 3.01. The van der Waals surface area contributed by atoms with E-state index in [0.29, 0.717) is 0 Å². The van der Waals surface area contributed by atoms with Gasteiger partial charge in [-0.15, -0.1) is 0 Å². The molecule has 4 nitrogen and oxygen atoms in total. The fourth-order valence-corrected chi connectivity index (χ4v) is 2.29. The number of nitrogens with zero attached hydrogens (tertiary/aromatic N) is 4. The van der Waals surface area contributed by atoms with E-state index in [9.17, 15) is 0 Å². The molecule has 107 valence electrons. The second-order valence-electron chi connectivity index (χ2n) is 5.22. The molecule has 3 aromatic rings. The number of hydrogen-bond donors (Lipinski definition) is 0. The van der Waals surface area contributed by atoms with Crippen molar-refractivity contribution in [3.8, 4) is 0 Å². The molecule has 1 aromatic carbocycles. The Labute approximate surface area is 124 Å². The zero-order valence-corrected chi connectivity index (χ0v) is 12.3. The van der Waals surface area contributed by atoms with Crippen LogP contribution in [0.15, 0.2) is 36.5 Å². The first-order chi connectivity index (χ1) is 10.3. The van der Waals surface area contributed by atoms with Crippen molar-refractivity contribution in [2.24, 2.45) is 0 Å². The van der Waals surface area contributed by atoms with Crippen LogP contribution in [0.2, 0.25) is 0 Å². The molecule has 0 atom stereocenters. The molecule has 0 amide bonds. The quantitative estimate of drug-likeness (QED) is 0.696. The molecule has 0 spiro atoms. The van der Waals surface area contributed by atoms with Crippen molar-refractivity contribution in [1.82, 2.24) is 19.7 Å². The molecule has 0 aliphatic rings. The molecule has 0 aliphatic heterocycles. The van der Waals surface area contributed by atoms with Crippen molar-refractivity contribution >= 4 is 11.0 Å². The lowest BCUT2D eigenvalue weighted by Crippen LogP contribution is -2.01. The van der Waals surface area contributed by atoms with Crippen molar-refractivity contribution in [3.63, 3.8) is 0 Å². The fourth-order valence-electron chi connectivity index (χ4n) is 2.29. The van der Waals surface area contributed by atoms with Gasteiger partial charge < -0.3 is 0 Å². The average Bonchev–Trinajstić information content (AvgIpc) is 2.94. The summed E-state index contributed by atoms with van der Waals surface area (Å²) in [5, 5.41) is 5.42. The second-order valence-corrected chi connectivity index (χ2v) is 5.22. The summed E-state index contributed by atoms with van der Waals surface area (Å²) in [5.41, 5.74) is 2.07. The van der Waals surface area contributed by atoms with Crippen LogP contribution in [0, 0.1) is 6.20 Å². The highest BCUT2D eigenvalue weighted by Crippen LogP contribution is 2.10. The number of aromatic nitrogens is 4. The van der Waals surface area contributed by atoms with Crippen LogP contribution in [-0.4, -0.2) is 19.7 Å². The van der Waals surface area contributed by atoms with Gasteiger partial charge in [0.25, 0.3) is 0 Å². The van der Waals surface area contributed by atoms with Gasteiger partial charge in [0.1, 0.15) is 12.0 Å². The Morgan fingerprint density at radius 3 is 2.81 bits per heavy atom. The summed E-state index contributed by atoms with van der Waals surface area (Å²) >= 11 is 0. The lowest BCUT2D eigenvalue weighted by atomic mass is 10.1. The molecule has 0 bridgehead atoms. The largest absolute Gasteiger partial charge is 0.270 e. The van der Waals surface area contributed by atoms with Gasteiger partial charge in [0.2, 0.25) is 0 Å². The minimum atomic E-state index is 0.754. The molecular weight excluding hydrogens is 260 g/mol. The van der Waals surface area contributed by atoms with Gasteiger partial charge in [0.15, 0.2) is 5.65 Å². The summed E-state index contributed by atoms with van der Waals surface area (Å²) in [6, 6.07) is 10.4. The molecule has 0 fully saturated rings. The van der Waals surface area contributed by atoms with E-state index in [2.05, 4.69) is 52.5 Å². The van der Waals surface area contributed by atoms with E-state index in [1.807, 2.05) is 16.9 Å². The highest BCUT2D eigenvalue weighted by atomic mass is 15.3. The number of fused-ring (bicyclic) bond motifs is 1. The van der Waals surface area contributed by atoms with Crippen LogP contribution >= 0.6 is 0 Å². The molecule has 21 heavy (non-hydrogen) atoms. The van der Waals surface area contributed by atoms with Crippen molar-refractivity contribution in [2.75, 3.05) is 0 Å². The molecule has 4 heteroatoms. The van der Waals surface area contributed by atoms with Crippen molar-refractivity contribution in [2.45, 2.75) is 39.2 Å². The van der Waals surface area contributed by atoms with Crippen LogP contribution in [0.5, 0.6) is 0 Å². The lowest BCUT2D eigenvalue weighted by Gasteiger charge is -2.00. The zero-order chi connectivity index (χ0) is 14.5. The highest BCUT2D eigenvalue weighted by molar-refractivity contribution is 5.71. The summed E-state index contributed by atoms with van der Waals surface area (Å²) in [6.07, 6.45) is 9.14. The third kappa shape index (κ3) is 3.45. The molecule has 2 heterocycles. The van der Waals surface area contributed by atoms with Gasteiger partial charge in [-0.1, -0.05) is 43.7 Å². The Balaban J connectivity index is 1.71. The molecule has 1 radical (unpaired) electrons. The van der Waals surface area contributed by atoms with Crippen LogP contribution in [0.4, 0.5) is 0 Å². The van der Waals surface area contributed by atoms with E-state index in [1.54, 1.807) is 0 Å². The molecule has 0 aliphatic carbocycles. The highest BCUT2D eigenvalue weighted by Gasteiger charge is 2.05. The van der Waals surface area contributed by atoms with Crippen LogP contribution < -0.4 is 0 Å². The summed E-state index contributed by atoms with van der Waals surface area (Å²) in [5.74, 6) is 0.845. The normalized spacial score (nSPS) is 11.1. The lowest BCUT2D eigenvalue weighted by molar-refractivity contribution is 0.619. The number of unbranched alkanes of at least 4 members (excludes halogenated alkanes) is 1. The SMILES string of the molecule is CCCCc1n[c]c2cn(CCc3ccccc3)nc2n1. The number of aryl methyl sites for hydroxylation is 3. The molecule has 0 unspecified atom stereocenters. The topological polar surface area (TPSA) is 43.6 Å². The molecule has 0 N–H and O–H groups in total. The van der Waals surface area contributed by atoms with E-state index in [-0.39, 0.29) is 0 Å². The van der Waals surface area contributed by atoms with E-state index >= 15 is 0 Å². The Bertz CT molecular complexity index is 703. The Hall–Kier alpha value is -2.23. The van der Waals surface area contributed by atoms with Gasteiger partial charge in [0.05, 0.1) is 5.39 Å². The number of rotatable bonds is 6. The van der Waals surface area contributed by atoms with E-state index in [4.69, 9.17) is 0 Å². The third-order valence-electron chi connectivity index (χ3n) is 3.51. The molecule has 2 aromatic heterocycles. The van der Waals surface area contributed by atoms with Crippen molar-refractivity contribution in [3.05, 3.63) is 54.1 Å². The molecule has 0 saturated carbocycles. The van der Waals surface area contributed by atoms with Crippen LogP contribution in [0.25, 0.3) is 11.0 Å². The van der Waals surface area contributed by atoms with Crippen molar-refractivity contribution in [1.29, 1.82) is 0 Å². The van der Waals surface area contributed by atoms with Crippen molar-refractivity contribution < 1.29 is 0 Å². The average molecular weight is 279 g/mol. The van der Waals surface area contributed by atoms with Crippen LogP contribution in [-0.2, 0) is 19.4 Å². The number of benzene rings is 1. The maximum absolute atomic E-state index is 4.53. The van der Waals surface area contributed by atoms with E-state index < -0.39 is 0 Å². The van der Waals surface area contributed by atoms with Gasteiger partial charge >= 0.3 is 0 Å². The Kier molecular flexibility index (Phi) is 4.24. The van der Waals surface area contributed by atoms with Crippen LogP contribution in [0.3, 0.4) is 0 Å². The Morgan fingerprint density at radius 1 is 1.14 bits per heavy atom. The minimum absolute atomic E-state index is 0.754. The van der Waals surface area contributed by atoms with Gasteiger partial charge in [-0.05, 0) is 18.4 Å². The first-order valence-corrected chi connectivity index (χ1v) is 7.51. The smallest absolute Gasteiger partial charge is 0.185 e. The zero-order valence-electron chi connectivity index (χ0n) is 12.3. The standard InChI is InChI=1S/C17H19N4/c1-2-3-9-16-18-12-15-13-21(20-17(15)19-16)11-10-14-7-5-4-6-8-14/h4-8,13H,2-3,9-11H2,1H3. The van der Waals surface area contributed by atoms with Gasteiger partial charge in [0, 0.05) is 19.2 Å². The van der Waals surface area contributed by atoms with E-state index in [0.717, 1.165) is 49.1 Å². The molecular formula is C17H19N4. The predicted octanol–water partition coefficient (Wildman–Crippen LogP) is 3.21. The first kappa shape index (κ1) is 13.7. The molecule has 0 saturated heterocycles. The first-order valence-electron chi connectivity index (χ1n) is 7.51. The summed E-state index contributed by atoms with van der Waals surface area (Å²) < 4.78 is 1.94. The maximum atomic E-state index is 4.53. The van der Waals surface area contributed by atoms with Gasteiger partial charge in [-0.25, -0.2) is 9.97 Å². The minimum Gasteiger partial charge on any atom is -0.270 e. The van der Waals surface area contributed by atoms with E-state index in [1.165, 1.54) is 5.56 Å². The van der Waals surface area contributed by atoms with Gasteiger partial charge in [-0.3, -0.25) is 4.68 Å². The fraction of sp³-hybridized carbons (Fsp3) is 0.353.